The summed E-state index contributed by atoms with van der Waals surface area (Å²) in [4.78, 5) is 21.1. The number of alkyl halides is 1. The van der Waals surface area contributed by atoms with Crippen LogP contribution < -0.4 is 11.4 Å². The maximum absolute atomic E-state index is 10.6. The molecule has 0 bridgehead atoms. The number of hydrogen-bond donors (Lipinski definition) is 3. The molecule has 2 heterocycles. The molecular weight excluding hydrogens is 383 g/mol. The number of nitrogens with zero attached hydrogens (tertiary/aromatic N) is 4. The Morgan fingerprint density at radius 3 is 1.59 bits per heavy atom. The topological polar surface area (TPSA) is 139 Å². The van der Waals surface area contributed by atoms with Gasteiger partial charge in [0.05, 0.1) is 5.88 Å². The van der Waals surface area contributed by atoms with Crippen molar-refractivity contribution >= 4 is 42.2 Å². The molecule has 22 heavy (non-hydrogen) atoms. The highest BCUT2D eigenvalue weighted by molar-refractivity contribution is 8.26. The lowest BCUT2D eigenvalue weighted by atomic mass is 10.6. The largest absolute Gasteiger partial charge is 0.388 e. The minimum absolute atomic E-state index is 0.213. The van der Waals surface area contributed by atoms with Gasteiger partial charge in [0.1, 0.15) is 12.4 Å². The van der Waals surface area contributed by atoms with Gasteiger partial charge in [-0.1, -0.05) is 0 Å². The van der Waals surface area contributed by atoms with Crippen molar-refractivity contribution in [1.82, 2.24) is 29.5 Å². The van der Waals surface area contributed by atoms with Crippen LogP contribution in [0.2, 0.25) is 0 Å². The Morgan fingerprint density at radius 2 is 1.45 bits per heavy atom. The van der Waals surface area contributed by atoms with Crippen LogP contribution in [0.4, 0.5) is 0 Å². The van der Waals surface area contributed by atoms with Crippen LogP contribution in [0, 0.1) is 0 Å². The molecule has 2 aromatic rings. The molecule has 0 aliphatic heterocycles. The van der Waals surface area contributed by atoms with E-state index < -0.39 is 9.23 Å². The molecule has 0 spiro atoms. The highest BCUT2D eigenvalue weighted by atomic mass is 36.0. The Morgan fingerprint density at radius 1 is 1.09 bits per heavy atom. The highest BCUT2D eigenvalue weighted by Gasteiger charge is 1.99. The van der Waals surface area contributed by atoms with Gasteiger partial charge in [-0.05, 0) is 0 Å². The summed E-state index contributed by atoms with van der Waals surface area (Å²) in [5.74, 6) is 1.16. The summed E-state index contributed by atoms with van der Waals surface area (Å²) in [7, 11) is 10.5. The van der Waals surface area contributed by atoms with Crippen molar-refractivity contribution in [3.8, 4) is 0 Å². The monoisotopic (exact) mass is 394 g/mol. The van der Waals surface area contributed by atoms with Crippen molar-refractivity contribution in [2.75, 3.05) is 0 Å². The van der Waals surface area contributed by atoms with E-state index in [1.165, 1.54) is 16.2 Å². The van der Waals surface area contributed by atoms with E-state index in [1.54, 1.807) is 7.05 Å². The molecule has 0 radical (unpaired) electrons. The molecule has 0 aromatic carbocycles. The van der Waals surface area contributed by atoms with Gasteiger partial charge in [0.15, 0.2) is 5.82 Å². The van der Waals surface area contributed by atoms with E-state index in [0.29, 0.717) is 11.6 Å². The fraction of sp³-hybridized carbons (Fsp3) is 0.500. The van der Waals surface area contributed by atoms with Gasteiger partial charge in [-0.15, -0.1) is 11.6 Å². The minimum Gasteiger partial charge on any atom is -0.388 e. The lowest BCUT2D eigenvalue weighted by Crippen LogP contribution is -2.14. The number of halogens is 3. The smallest absolute Gasteiger partial charge is 0.343 e. The zero-order chi connectivity index (χ0) is 17.3. The van der Waals surface area contributed by atoms with Crippen molar-refractivity contribution in [3.05, 3.63) is 32.6 Å². The third-order valence-electron chi connectivity index (χ3n) is 2.21. The van der Waals surface area contributed by atoms with Gasteiger partial charge in [-0.2, -0.15) is 10.2 Å². The van der Waals surface area contributed by atoms with Crippen molar-refractivity contribution in [2.24, 2.45) is 14.1 Å². The third-order valence-corrected chi connectivity index (χ3v) is 2.44. The zero-order valence-electron chi connectivity index (χ0n) is 11.4. The number of H-pyrrole nitrogens is 2. The second-order valence-corrected chi connectivity index (χ2v) is 6.28. The van der Waals surface area contributed by atoms with Gasteiger partial charge in [0, 0.05) is 35.5 Å². The molecule has 14 heteroatoms. The predicted molar refractivity (Wildman–Crippen MR) is 83.0 cm³/mol. The second-order valence-electron chi connectivity index (χ2n) is 3.48. The molecule has 0 aliphatic carbocycles. The molecule has 0 saturated heterocycles. The molecule has 2 rings (SSSR count). The van der Waals surface area contributed by atoms with Crippen molar-refractivity contribution in [2.45, 2.75) is 12.5 Å². The molecule has 3 N–H and O–H groups in total. The van der Waals surface area contributed by atoms with Crippen LogP contribution in [0.15, 0.2) is 9.59 Å². The van der Waals surface area contributed by atoms with E-state index >= 15 is 0 Å². The number of nitrogens with one attached hydrogen (secondary N) is 2. The second kappa shape index (κ2) is 10.6. The van der Waals surface area contributed by atoms with E-state index in [4.69, 9.17) is 20.9 Å². The van der Waals surface area contributed by atoms with Gasteiger partial charge in [0.2, 0.25) is 9.23 Å². The number of aromatic amines is 2. The number of rotatable bonds is 2. The van der Waals surface area contributed by atoms with Crippen LogP contribution in [-0.2, 0) is 35.8 Å². The fourth-order valence-electron chi connectivity index (χ4n) is 1.02. The van der Waals surface area contributed by atoms with Crippen LogP contribution in [0.1, 0.15) is 11.6 Å². The lowest BCUT2D eigenvalue weighted by Gasteiger charge is -1.89. The average Bonchev–Trinajstić information content (AvgIpc) is 2.95. The van der Waals surface area contributed by atoms with E-state index in [1.807, 2.05) is 0 Å². The third kappa shape index (κ3) is 7.22. The number of hydrogen-bond acceptors (Lipinski definition) is 6. The van der Waals surface area contributed by atoms with Gasteiger partial charge in [-0.3, -0.25) is 9.13 Å². The Hall–Kier alpha value is -1.14. The summed E-state index contributed by atoms with van der Waals surface area (Å²) in [6.07, 6.45) is 0. The van der Waals surface area contributed by atoms with E-state index in [9.17, 15) is 9.59 Å². The van der Waals surface area contributed by atoms with Crippen LogP contribution >= 0.6 is 33.0 Å². The van der Waals surface area contributed by atoms with Crippen LogP contribution in [0.25, 0.3) is 0 Å². The van der Waals surface area contributed by atoms with Crippen LogP contribution in [-0.4, -0.2) is 38.8 Å². The maximum Gasteiger partial charge on any atom is 0.343 e. The Bertz CT molecular complexity index is 649. The summed E-state index contributed by atoms with van der Waals surface area (Å²) in [6, 6.07) is 0. The normalized spacial score (nSPS) is 9.77. The molecule has 0 amide bonds. The lowest BCUT2D eigenvalue weighted by molar-refractivity contribution is 0.266. The van der Waals surface area contributed by atoms with Crippen LogP contribution in [0.3, 0.4) is 0 Å². The van der Waals surface area contributed by atoms with E-state index in [-0.39, 0.29) is 23.9 Å². The molecule has 0 aliphatic rings. The van der Waals surface area contributed by atoms with Crippen molar-refractivity contribution in [1.29, 1.82) is 0 Å². The number of aliphatic hydroxyl groups excluding tert-OH is 1. The van der Waals surface area contributed by atoms with Crippen LogP contribution in [0.5, 0.6) is 0 Å². The first-order chi connectivity index (χ1) is 10.2. The summed E-state index contributed by atoms with van der Waals surface area (Å²) >= 11 is 5.40. The van der Waals surface area contributed by atoms with Gasteiger partial charge < -0.3 is 5.11 Å². The Labute approximate surface area is 140 Å². The molecule has 2 aromatic heterocycles. The summed E-state index contributed by atoms with van der Waals surface area (Å²) < 4.78 is 11.7. The highest BCUT2D eigenvalue weighted by Crippen LogP contribution is 1.91. The fourth-order valence-corrected chi connectivity index (χ4v) is 1.26. The predicted octanol–water partition coefficient (Wildman–Crippen LogP) is -0.509. The number of aromatic nitrogens is 6. The summed E-state index contributed by atoms with van der Waals surface area (Å²) in [5, 5.41) is 20.1. The average molecular weight is 396 g/mol. The SMILES string of the molecule is Cn1c(CCl)n[nH]c1=O.Cn1c(CO)n[nH]c1=O.O=S(Cl)Cl. The molecule has 10 nitrogen and oxygen atoms in total. The molecule has 126 valence electrons. The zero-order valence-corrected chi connectivity index (χ0v) is 14.5. The van der Waals surface area contributed by atoms with Gasteiger partial charge in [0.25, 0.3) is 0 Å². The molecule has 0 atom stereocenters. The molecule has 0 fully saturated rings. The minimum atomic E-state index is -1.67. The van der Waals surface area contributed by atoms with E-state index in [0.717, 1.165) is 0 Å². The number of aliphatic hydroxyl groups is 1. The Kier molecular flexibility index (Phi) is 10.0. The standard InChI is InChI=1S/C4H6ClN3O.C4H7N3O2.Cl2OS/c1-8-3(2-5)6-7-4(8)9;1-7-3(2-8)5-6-4(7)9;1-4(2)3/h2H2,1H3,(H,7,9);8H,2H2,1H3,(H,6,9);. The quantitative estimate of drug-likeness (QED) is 0.462. The Balaban J connectivity index is 0.000000326. The first-order valence-electron chi connectivity index (χ1n) is 5.36. The molecule has 0 saturated carbocycles. The van der Waals surface area contributed by atoms with Crippen molar-refractivity contribution < 1.29 is 9.32 Å². The molecule has 0 unspecified atom stereocenters. The summed E-state index contributed by atoms with van der Waals surface area (Å²) in [5.41, 5.74) is -0.537. The first-order valence-corrected chi connectivity index (χ1v) is 8.69. The van der Waals surface area contributed by atoms with Gasteiger partial charge in [-0.25, -0.2) is 24.0 Å². The van der Waals surface area contributed by atoms with Crippen molar-refractivity contribution in [3.63, 3.8) is 0 Å². The van der Waals surface area contributed by atoms with Gasteiger partial charge >= 0.3 is 11.4 Å². The van der Waals surface area contributed by atoms with E-state index in [2.05, 4.69) is 41.8 Å². The summed E-state index contributed by atoms with van der Waals surface area (Å²) in [6.45, 7) is -0.213. The first kappa shape index (κ1) is 20.9. The molecular formula is C8H13Cl3N6O4S. The maximum atomic E-state index is 10.6.